The molecule has 0 saturated carbocycles. The number of benzene rings is 1. The van der Waals surface area contributed by atoms with Crippen LogP contribution in [0.5, 0.6) is 0 Å². The molecule has 0 aliphatic heterocycles. The third kappa shape index (κ3) is 5.24. The zero-order valence-corrected chi connectivity index (χ0v) is 17.7. The third-order valence-electron chi connectivity index (χ3n) is 4.16. The minimum Gasteiger partial charge on any atom is -0.349 e. The summed E-state index contributed by atoms with van der Waals surface area (Å²) in [4.78, 5) is 32.2. The Hall–Kier alpha value is -3.20. The fraction of sp³-hybridized carbons (Fsp3) is 0.286. The number of carbonyl (C=O) groups is 2. The number of aromatic nitrogens is 3. The number of amides is 2. The zero-order valence-electron chi connectivity index (χ0n) is 16.9. The quantitative estimate of drug-likeness (QED) is 0.652. The standard InChI is InChI=1S/C21H22FN5O2S/c1-21(2,3)24-19(28)18(16-10-6-7-11-23-16)27(20(29)17-13-30-26-25-17)12-14-8-4-5-9-15(14)22/h4-11,13,18H,12H2,1-3H3,(H,24,28). The van der Waals surface area contributed by atoms with Crippen LogP contribution in [-0.2, 0) is 11.3 Å². The molecule has 0 radical (unpaired) electrons. The number of rotatable bonds is 6. The number of nitrogens with zero attached hydrogens (tertiary/aromatic N) is 4. The third-order valence-corrected chi connectivity index (χ3v) is 4.67. The van der Waals surface area contributed by atoms with Crippen molar-refractivity contribution in [2.75, 3.05) is 0 Å². The average molecular weight is 428 g/mol. The molecule has 1 aromatic carbocycles. The van der Waals surface area contributed by atoms with E-state index in [0.717, 1.165) is 11.5 Å². The molecule has 0 saturated heterocycles. The van der Waals surface area contributed by atoms with E-state index in [1.165, 1.54) is 16.3 Å². The second-order valence-electron chi connectivity index (χ2n) is 7.71. The number of halogens is 1. The summed E-state index contributed by atoms with van der Waals surface area (Å²) in [5, 5.41) is 8.24. The van der Waals surface area contributed by atoms with Gasteiger partial charge in [0.05, 0.1) is 12.2 Å². The van der Waals surface area contributed by atoms with E-state index < -0.39 is 29.2 Å². The Morgan fingerprint density at radius 1 is 1.17 bits per heavy atom. The van der Waals surface area contributed by atoms with E-state index in [-0.39, 0.29) is 17.8 Å². The lowest BCUT2D eigenvalue weighted by Crippen LogP contribution is -2.49. The van der Waals surface area contributed by atoms with Crippen LogP contribution >= 0.6 is 11.5 Å². The second kappa shape index (κ2) is 9.08. The van der Waals surface area contributed by atoms with Gasteiger partial charge in [-0.15, -0.1) is 5.10 Å². The number of pyridine rings is 1. The Morgan fingerprint density at radius 3 is 2.50 bits per heavy atom. The van der Waals surface area contributed by atoms with E-state index in [9.17, 15) is 14.0 Å². The van der Waals surface area contributed by atoms with Crippen molar-refractivity contribution >= 4 is 23.3 Å². The summed E-state index contributed by atoms with van der Waals surface area (Å²) in [6, 6.07) is 10.2. The largest absolute Gasteiger partial charge is 0.349 e. The summed E-state index contributed by atoms with van der Waals surface area (Å²) in [5.41, 5.74) is 0.186. The van der Waals surface area contributed by atoms with Crippen LogP contribution in [-0.4, -0.2) is 36.8 Å². The molecular weight excluding hydrogens is 405 g/mol. The molecule has 30 heavy (non-hydrogen) atoms. The molecule has 9 heteroatoms. The van der Waals surface area contributed by atoms with Crippen molar-refractivity contribution in [2.45, 2.75) is 38.9 Å². The molecule has 2 amide bonds. The number of hydrogen-bond acceptors (Lipinski definition) is 6. The average Bonchev–Trinajstić information content (AvgIpc) is 3.23. The molecule has 2 heterocycles. The molecule has 7 nitrogen and oxygen atoms in total. The number of nitrogens with one attached hydrogen (secondary N) is 1. The highest BCUT2D eigenvalue weighted by molar-refractivity contribution is 7.03. The molecule has 1 unspecified atom stereocenters. The summed E-state index contributed by atoms with van der Waals surface area (Å²) >= 11 is 1.02. The van der Waals surface area contributed by atoms with Gasteiger partial charge in [-0.3, -0.25) is 14.6 Å². The van der Waals surface area contributed by atoms with Crippen LogP contribution in [0.4, 0.5) is 4.39 Å². The predicted molar refractivity (Wildman–Crippen MR) is 111 cm³/mol. The van der Waals surface area contributed by atoms with Crippen LogP contribution in [0, 0.1) is 5.82 Å². The summed E-state index contributed by atoms with van der Waals surface area (Å²) in [6.45, 7) is 5.39. The molecule has 0 aliphatic rings. The molecule has 0 fully saturated rings. The van der Waals surface area contributed by atoms with E-state index in [4.69, 9.17) is 0 Å². The van der Waals surface area contributed by atoms with Gasteiger partial charge in [-0.25, -0.2) is 4.39 Å². The van der Waals surface area contributed by atoms with Gasteiger partial charge in [-0.2, -0.15) is 0 Å². The van der Waals surface area contributed by atoms with Crippen LogP contribution in [0.1, 0.15) is 48.6 Å². The highest BCUT2D eigenvalue weighted by Gasteiger charge is 2.35. The summed E-state index contributed by atoms with van der Waals surface area (Å²) in [7, 11) is 0. The minimum atomic E-state index is -1.08. The summed E-state index contributed by atoms with van der Waals surface area (Å²) < 4.78 is 18.2. The molecule has 2 aromatic heterocycles. The smallest absolute Gasteiger partial charge is 0.276 e. The van der Waals surface area contributed by atoms with Crippen molar-refractivity contribution in [3.63, 3.8) is 0 Å². The van der Waals surface area contributed by atoms with Gasteiger partial charge in [0.1, 0.15) is 5.82 Å². The van der Waals surface area contributed by atoms with Crippen LogP contribution in [0.2, 0.25) is 0 Å². The van der Waals surface area contributed by atoms with Gasteiger partial charge in [0.15, 0.2) is 11.7 Å². The summed E-state index contributed by atoms with van der Waals surface area (Å²) in [6.07, 6.45) is 1.54. The van der Waals surface area contributed by atoms with Crippen molar-refractivity contribution in [1.29, 1.82) is 0 Å². The van der Waals surface area contributed by atoms with E-state index >= 15 is 0 Å². The van der Waals surface area contributed by atoms with Crippen molar-refractivity contribution < 1.29 is 14.0 Å². The van der Waals surface area contributed by atoms with Crippen LogP contribution in [0.3, 0.4) is 0 Å². The zero-order chi connectivity index (χ0) is 21.7. The predicted octanol–water partition coefficient (Wildman–Crippen LogP) is 3.37. The van der Waals surface area contributed by atoms with Gasteiger partial charge in [0.2, 0.25) is 5.91 Å². The van der Waals surface area contributed by atoms with Gasteiger partial charge in [-0.1, -0.05) is 28.8 Å². The minimum absolute atomic E-state index is 0.0841. The van der Waals surface area contributed by atoms with E-state index in [0.29, 0.717) is 5.69 Å². The Morgan fingerprint density at radius 2 is 1.90 bits per heavy atom. The van der Waals surface area contributed by atoms with Gasteiger partial charge < -0.3 is 10.2 Å². The van der Waals surface area contributed by atoms with Crippen molar-refractivity contribution in [3.8, 4) is 0 Å². The maximum atomic E-state index is 14.4. The van der Waals surface area contributed by atoms with Gasteiger partial charge in [0.25, 0.3) is 5.91 Å². The molecular formula is C21H22FN5O2S. The van der Waals surface area contributed by atoms with Crippen LogP contribution in [0.15, 0.2) is 54.0 Å². The van der Waals surface area contributed by atoms with E-state index in [1.54, 1.807) is 42.6 Å². The Bertz CT molecular complexity index is 1010. The van der Waals surface area contributed by atoms with Crippen LogP contribution in [0.25, 0.3) is 0 Å². The molecule has 1 atom stereocenters. The van der Waals surface area contributed by atoms with Crippen LogP contribution < -0.4 is 5.32 Å². The first kappa shape index (κ1) is 21.5. The molecule has 1 N–H and O–H groups in total. The Labute approximate surface area is 178 Å². The normalized spacial score (nSPS) is 12.3. The van der Waals surface area contributed by atoms with Crippen molar-refractivity contribution in [3.05, 3.63) is 76.8 Å². The lowest BCUT2D eigenvalue weighted by atomic mass is 10.0. The SMILES string of the molecule is CC(C)(C)NC(=O)C(c1ccccn1)N(Cc1ccccc1F)C(=O)c1csnn1. The lowest BCUT2D eigenvalue weighted by Gasteiger charge is -2.32. The highest BCUT2D eigenvalue weighted by Crippen LogP contribution is 2.26. The molecule has 0 aliphatic carbocycles. The first-order valence-electron chi connectivity index (χ1n) is 9.30. The van der Waals surface area contributed by atoms with Gasteiger partial charge in [-0.05, 0) is 50.5 Å². The fourth-order valence-corrected chi connectivity index (χ4v) is 3.34. The first-order valence-corrected chi connectivity index (χ1v) is 10.1. The maximum absolute atomic E-state index is 14.4. The lowest BCUT2D eigenvalue weighted by molar-refractivity contribution is -0.127. The van der Waals surface area contributed by atoms with Gasteiger partial charge >= 0.3 is 0 Å². The maximum Gasteiger partial charge on any atom is 0.276 e. The Kier molecular flexibility index (Phi) is 6.51. The molecule has 0 bridgehead atoms. The second-order valence-corrected chi connectivity index (χ2v) is 8.32. The molecule has 0 spiro atoms. The molecule has 3 aromatic rings. The molecule has 3 rings (SSSR count). The van der Waals surface area contributed by atoms with Gasteiger partial charge in [0, 0.05) is 22.7 Å². The molecule has 156 valence electrons. The highest BCUT2D eigenvalue weighted by atomic mass is 32.1. The van der Waals surface area contributed by atoms with E-state index in [1.807, 2.05) is 20.8 Å². The van der Waals surface area contributed by atoms with E-state index in [2.05, 4.69) is 19.9 Å². The monoisotopic (exact) mass is 427 g/mol. The first-order chi connectivity index (χ1) is 14.3. The number of carbonyl (C=O) groups excluding carboxylic acids is 2. The fourth-order valence-electron chi connectivity index (χ4n) is 2.91. The topological polar surface area (TPSA) is 88.1 Å². The number of hydrogen-bond donors (Lipinski definition) is 1. The van der Waals surface area contributed by atoms with Crippen molar-refractivity contribution in [1.82, 2.24) is 24.8 Å². The van der Waals surface area contributed by atoms with Crippen molar-refractivity contribution in [2.24, 2.45) is 0 Å². The Balaban J connectivity index is 2.09. The summed E-state index contributed by atoms with van der Waals surface area (Å²) in [5.74, 6) is -1.43.